The van der Waals surface area contributed by atoms with Gasteiger partial charge in [0.25, 0.3) is 0 Å². The number of hydrogen-bond donors (Lipinski definition) is 2. The second-order valence-electron chi connectivity index (χ2n) is 5.61. The molecule has 1 fully saturated rings. The Labute approximate surface area is 105 Å². The first-order valence-electron chi connectivity index (χ1n) is 6.67. The molecule has 2 N–H and O–H groups in total. The molecule has 1 aliphatic heterocycles. The number of likely N-dealkylation sites (tertiary alicyclic amines) is 1. The van der Waals surface area contributed by atoms with Crippen LogP contribution in [0.1, 0.15) is 33.6 Å². The van der Waals surface area contributed by atoms with E-state index in [1.165, 1.54) is 12.8 Å². The second-order valence-corrected chi connectivity index (χ2v) is 5.61. The highest BCUT2D eigenvalue weighted by atomic mass is 16.2. The van der Waals surface area contributed by atoms with Gasteiger partial charge in [-0.25, -0.2) is 0 Å². The minimum absolute atomic E-state index is 0.110. The van der Waals surface area contributed by atoms with E-state index < -0.39 is 5.54 Å². The fourth-order valence-electron chi connectivity index (χ4n) is 2.25. The normalized spacial score (nSPS) is 19.3. The van der Waals surface area contributed by atoms with E-state index in [4.69, 9.17) is 0 Å². The van der Waals surface area contributed by atoms with Crippen LogP contribution < -0.4 is 10.6 Å². The standard InChI is InChI=1S/C13H27N3O/c1-5-15-13(2,3)12(17)14-10-11-6-8-16(4)9-7-11/h11,15H,5-10H2,1-4H3,(H,14,17). The van der Waals surface area contributed by atoms with E-state index in [1.807, 2.05) is 20.8 Å². The molecule has 0 aromatic carbocycles. The molecule has 0 unspecified atom stereocenters. The van der Waals surface area contributed by atoms with Crippen LogP contribution in [0.3, 0.4) is 0 Å². The van der Waals surface area contributed by atoms with Gasteiger partial charge in [0.1, 0.15) is 0 Å². The summed E-state index contributed by atoms with van der Waals surface area (Å²) in [4.78, 5) is 14.3. The van der Waals surface area contributed by atoms with Gasteiger partial charge in [0, 0.05) is 6.54 Å². The number of rotatable bonds is 5. The van der Waals surface area contributed by atoms with E-state index in [0.29, 0.717) is 5.92 Å². The summed E-state index contributed by atoms with van der Waals surface area (Å²) in [7, 11) is 2.16. The Bertz CT molecular complexity index is 245. The van der Waals surface area contributed by atoms with Crippen LogP contribution in [-0.4, -0.2) is 49.6 Å². The lowest BCUT2D eigenvalue weighted by Crippen LogP contribution is -2.53. The van der Waals surface area contributed by atoms with Crippen LogP contribution in [0, 0.1) is 5.92 Å². The molecule has 0 saturated carbocycles. The number of carbonyl (C=O) groups is 1. The molecule has 1 rings (SSSR count). The maximum Gasteiger partial charge on any atom is 0.239 e. The monoisotopic (exact) mass is 241 g/mol. The van der Waals surface area contributed by atoms with Crippen molar-refractivity contribution in [3.8, 4) is 0 Å². The van der Waals surface area contributed by atoms with Crippen LogP contribution in [-0.2, 0) is 4.79 Å². The van der Waals surface area contributed by atoms with Crippen molar-refractivity contribution in [2.45, 2.75) is 39.2 Å². The van der Waals surface area contributed by atoms with Gasteiger partial charge in [-0.3, -0.25) is 4.79 Å². The summed E-state index contributed by atoms with van der Waals surface area (Å²) in [6, 6.07) is 0. The molecule has 0 radical (unpaired) electrons. The number of piperidine rings is 1. The number of amides is 1. The Hall–Kier alpha value is -0.610. The Balaban J connectivity index is 2.28. The van der Waals surface area contributed by atoms with Crippen LogP contribution in [0.25, 0.3) is 0 Å². The van der Waals surface area contributed by atoms with Gasteiger partial charge in [0.05, 0.1) is 5.54 Å². The lowest BCUT2D eigenvalue weighted by molar-refractivity contribution is -0.126. The lowest BCUT2D eigenvalue weighted by atomic mass is 9.96. The molecule has 4 heteroatoms. The van der Waals surface area contributed by atoms with Gasteiger partial charge in [-0.1, -0.05) is 6.92 Å². The summed E-state index contributed by atoms with van der Waals surface area (Å²) < 4.78 is 0. The van der Waals surface area contributed by atoms with Gasteiger partial charge in [0.15, 0.2) is 0 Å². The molecule has 1 amide bonds. The first kappa shape index (κ1) is 14.5. The topological polar surface area (TPSA) is 44.4 Å². The highest BCUT2D eigenvalue weighted by Crippen LogP contribution is 2.15. The van der Waals surface area contributed by atoms with Gasteiger partial charge >= 0.3 is 0 Å². The van der Waals surface area contributed by atoms with E-state index in [9.17, 15) is 4.79 Å². The van der Waals surface area contributed by atoms with Crippen molar-refractivity contribution in [2.24, 2.45) is 5.92 Å². The molecule has 17 heavy (non-hydrogen) atoms. The molecule has 0 aromatic rings. The molecule has 100 valence electrons. The smallest absolute Gasteiger partial charge is 0.239 e. The van der Waals surface area contributed by atoms with E-state index in [1.54, 1.807) is 0 Å². The number of hydrogen-bond acceptors (Lipinski definition) is 3. The fraction of sp³-hybridized carbons (Fsp3) is 0.923. The zero-order valence-electron chi connectivity index (χ0n) is 11.7. The third-order valence-corrected chi connectivity index (χ3v) is 3.58. The highest BCUT2D eigenvalue weighted by Gasteiger charge is 2.26. The van der Waals surface area contributed by atoms with Crippen molar-refractivity contribution >= 4 is 5.91 Å². The van der Waals surface area contributed by atoms with Gasteiger partial charge in [-0.05, 0) is 59.3 Å². The van der Waals surface area contributed by atoms with E-state index in [-0.39, 0.29) is 5.91 Å². The van der Waals surface area contributed by atoms with Gasteiger partial charge in [-0.2, -0.15) is 0 Å². The summed E-state index contributed by atoms with van der Waals surface area (Å²) in [5, 5.41) is 6.27. The molecule has 0 atom stereocenters. The average molecular weight is 241 g/mol. The predicted octanol–water partition coefficient (Wildman–Crippen LogP) is 0.833. The van der Waals surface area contributed by atoms with Crippen LogP contribution in [0.5, 0.6) is 0 Å². The highest BCUT2D eigenvalue weighted by molar-refractivity contribution is 5.85. The Morgan fingerprint density at radius 1 is 1.35 bits per heavy atom. The van der Waals surface area contributed by atoms with Crippen LogP contribution in [0.2, 0.25) is 0 Å². The molecular formula is C13H27N3O. The van der Waals surface area contributed by atoms with Crippen molar-refractivity contribution < 1.29 is 4.79 Å². The quantitative estimate of drug-likeness (QED) is 0.749. The van der Waals surface area contributed by atoms with Gasteiger partial charge in [-0.15, -0.1) is 0 Å². The number of carbonyl (C=O) groups excluding carboxylic acids is 1. The molecule has 0 aromatic heterocycles. The first-order valence-corrected chi connectivity index (χ1v) is 6.67. The second kappa shape index (κ2) is 6.36. The largest absolute Gasteiger partial charge is 0.354 e. The van der Waals surface area contributed by atoms with Crippen molar-refractivity contribution in [1.29, 1.82) is 0 Å². The number of nitrogens with zero attached hydrogens (tertiary/aromatic N) is 1. The molecule has 4 nitrogen and oxygen atoms in total. The number of nitrogens with one attached hydrogen (secondary N) is 2. The summed E-state index contributed by atoms with van der Waals surface area (Å²) in [6.07, 6.45) is 2.39. The summed E-state index contributed by atoms with van der Waals surface area (Å²) in [6.45, 7) is 9.82. The summed E-state index contributed by atoms with van der Waals surface area (Å²) in [5.74, 6) is 0.755. The summed E-state index contributed by atoms with van der Waals surface area (Å²) >= 11 is 0. The molecule has 1 saturated heterocycles. The van der Waals surface area contributed by atoms with Crippen molar-refractivity contribution in [2.75, 3.05) is 33.2 Å². The lowest BCUT2D eigenvalue weighted by Gasteiger charge is -2.30. The predicted molar refractivity (Wildman–Crippen MR) is 71.0 cm³/mol. The SMILES string of the molecule is CCNC(C)(C)C(=O)NCC1CCN(C)CC1. The fourth-order valence-corrected chi connectivity index (χ4v) is 2.25. The van der Waals surface area contributed by atoms with Crippen molar-refractivity contribution in [1.82, 2.24) is 15.5 Å². The van der Waals surface area contributed by atoms with Crippen LogP contribution in [0.4, 0.5) is 0 Å². The first-order chi connectivity index (χ1) is 7.95. The van der Waals surface area contributed by atoms with Crippen LogP contribution >= 0.6 is 0 Å². The maximum absolute atomic E-state index is 12.0. The average Bonchev–Trinajstić information content (AvgIpc) is 2.27. The zero-order chi connectivity index (χ0) is 12.9. The molecule has 0 aliphatic carbocycles. The molecule has 1 aliphatic rings. The van der Waals surface area contributed by atoms with Gasteiger partial charge in [0.2, 0.25) is 5.91 Å². The molecule has 1 heterocycles. The molecular weight excluding hydrogens is 214 g/mol. The third-order valence-electron chi connectivity index (χ3n) is 3.58. The third kappa shape index (κ3) is 4.64. The minimum atomic E-state index is -0.458. The van der Waals surface area contributed by atoms with E-state index in [0.717, 1.165) is 26.2 Å². The Morgan fingerprint density at radius 3 is 2.47 bits per heavy atom. The Kier molecular flexibility index (Phi) is 5.40. The van der Waals surface area contributed by atoms with Crippen molar-refractivity contribution in [3.63, 3.8) is 0 Å². The Morgan fingerprint density at radius 2 is 1.94 bits per heavy atom. The number of likely N-dealkylation sites (N-methyl/N-ethyl adjacent to an activating group) is 1. The van der Waals surface area contributed by atoms with E-state index >= 15 is 0 Å². The molecule has 0 spiro atoms. The van der Waals surface area contributed by atoms with Crippen LogP contribution in [0.15, 0.2) is 0 Å². The molecule has 0 bridgehead atoms. The van der Waals surface area contributed by atoms with Gasteiger partial charge < -0.3 is 15.5 Å². The maximum atomic E-state index is 12.0. The van der Waals surface area contributed by atoms with E-state index in [2.05, 4.69) is 22.6 Å². The zero-order valence-corrected chi connectivity index (χ0v) is 11.7. The summed E-state index contributed by atoms with van der Waals surface area (Å²) in [5.41, 5.74) is -0.458. The van der Waals surface area contributed by atoms with Crippen molar-refractivity contribution in [3.05, 3.63) is 0 Å². The minimum Gasteiger partial charge on any atom is -0.354 e.